The molecule has 7 heteroatoms. The molecule has 152 valence electrons. The molecule has 0 aromatic rings. The van der Waals surface area contributed by atoms with Crippen LogP contribution >= 0.6 is 0 Å². The van der Waals surface area contributed by atoms with Gasteiger partial charge in [-0.3, -0.25) is 6.79 Å². The Labute approximate surface area is 207 Å². The first kappa shape index (κ1) is 39.4. The van der Waals surface area contributed by atoms with Gasteiger partial charge in [-0.25, -0.2) is 0 Å². The molecular formula is C23H15O5Re2-. The number of hydrogen-bond acceptors (Lipinski definition) is 1. The van der Waals surface area contributed by atoms with Gasteiger partial charge >= 0.3 is 45.2 Å². The van der Waals surface area contributed by atoms with Crippen molar-refractivity contribution in [3.63, 3.8) is 0 Å². The van der Waals surface area contributed by atoms with Crippen molar-refractivity contribution in [2.24, 2.45) is 0 Å². The van der Waals surface area contributed by atoms with Gasteiger partial charge in [-0.1, -0.05) is 48.6 Å². The monoisotopic (exact) mass is 745 g/mol. The van der Waals surface area contributed by atoms with E-state index < -0.39 is 0 Å². The van der Waals surface area contributed by atoms with Gasteiger partial charge in [0.2, 0.25) is 0 Å². The molecule has 0 N–H and O–H groups in total. The molecule has 0 aliphatic heterocycles. The van der Waals surface area contributed by atoms with Crippen LogP contribution < -0.4 is 0 Å². The van der Waals surface area contributed by atoms with E-state index in [1.54, 1.807) is 0 Å². The molecule has 2 saturated carbocycles. The fourth-order valence-corrected chi connectivity index (χ4v) is 2.14. The third-order valence-electron chi connectivity index (χ3n) is 3.10. The van der Waals surface area contributed by atoms with Crippen LogP contribution in [0.15, 0.2) is 48.6 Å². The molecule has 4 aliphatic rings. The van der Waals surface area contributed by atoms with Gasteiger partial charge in [0.1, 0.15) is 0 Å². The summed E-state index contributed by atoms with van der Waals surface area (Å²) >= 11 is 0. The van der Waals surface area contributed by atoms with Gasteiger partial charge in [-0.15, -0.1) is 0 Å². The summed E-state index contributed by atoms with van der Waals surface area (Å²) in [6, 6.07) is 0. The van der Waals surface area contributed by atoms with Crippen molar-refractivity contribution in [2.75, 3.05) is 0 Å². The first-order valence-corrected chi connectivity index (χ1v) is 7.19. The van der Waals surface area contributed by atoms with Gasteiger partial charge in [0, 0.05) is 64.5 Å². The molecule has 2 fully saturated rings. The average molecular weight is 744 g/mol. The van der Waals surface area contributed by atoms with E-state index in [4.69, 9.17) is 23.4 Å². The summed E-state index contributed by atoms with van der Waals surface area (Å²) in [5.41, 5.74) is 0. The van der Waals surface area contributed by atoms with Crippen LogP contribution in [0.3, 0.4) is 0 Å². The Morgan fingerprint density at radius 1 is 0.467 bits per heavy atom. The van der Waals surface area contributed by atoms with Gasteiger partial charge in [0.15, 0.2) is 0 Å². The normalized spacial score (nSPS) is 16.7. The van der Waals surface area contributed by atoms with Gasteiger partial charge in [0.25, 0.3) is 0 Å². The van der Waals surface area contributed by atoms with Crippen LogP contribution in [-0.2, 0) is 64.2 Å². The minimum atomic E-state index is 0. The number of carbonyl (C=O) groups excluding carboxylic acids is 1. The van der Waals surface area contributed by atoms with Crippen molar-refractivity contribution >= 4 is 6.79 Å². The molecule has 0 aromatic carbocycles. The summed E-state index contributed by atoms with van der Waals surface area (Å²) in [7, 11) is 0. The maximum Gasteiger partial charge on any atom is 0.0124 e. The minimum absolute atomic E-state index is 0. The summed E-state index contributed by atoms with van der Waals surface area (Å²) in [4.78, 5) is 7.75. The molecule has 30 heavy (non-hydrogen) atoms. The quantitative estimate of drug-likeness (QED) is 0.213. The minimum Gasteiger partial charge on any atom is -0.545 e. The van der Waals surface area contributed by atoms with Crippen LogP contribution in [0.25, 0.3) is 0 Å². The SMILES string of the molecule is [C-]#[O+].[C-]#[O+].[C-]#[O+].[C-]#[O+].[CH-]=O.[CH]1[CH][C]2C=CC=C[C]2[CH]1.[CH]1[CH][C]2C=CC=C[C]2[CH]1.[Re].[Re]. The van der Waals surface area contributed by atoms with Gasteiger partial charge < -0.3 is 4.79 Å². The molecule has 5 nitrogen and oxygen atoms in total. The molecular weight excluding hydrogens is 729 g/mol. The summed E-state index contributed by atoms with van der Waals surface area (Å²) in [6.45, 7) is 21.2. The fraction of sp³-hybridized carbons (Fsp3) is 0. The van der Waals surface area contributed by atoms with Gasteiger partial charge in [-0.05, 0) is 38.5 Å². The van der Waals surface area contributed by atoms with E-state index in [0.29, 0.717) is 0 Å². The third kappa shape index (κ3) is 16.7. The molecule has 0 bridgehead atoms. The molecule has 12 radical (unpaired) electrons. The van der Waals surface area contributed by atoms with E-state index >= 15 is 0 Å². The second kappa shape index (κ2) is 32.6. The van der Waals surface area contributed by atoms with E-state index in [-0.39, 0.29) is 40.8 Å². The van der Waals surface area contributed by atoms with E-state index in [2.05, 4.69) is 121 Å². The van der Waals surface area contributed by atoms with Crippen molar-refractivity contribution in [3.05, 3.63) is 137 Å². The number of allylic oxidation sites excluding steroid dienone is 8. The topological polar surface area (TPSA) is 96.7 Å². The second-order valence-electron chi connectivity index (χ2n) is 4.31. The van der Waals surface area contributed by atoms with Crippen LogP contribution in [0.4, 0.5) is 0 Å². The predicted octanol–water partition coefficient (Wildman–Crippen LogP) is 3.35. The summed E-state index contributed by atoms with van der Waals surface area (Å²) in [5.74, 6) is 5.32. The second-order valence-corrected chi connectivity index (χ2v) is 4.31. The Morgan fingerprint density at radius 3 is 0.800 bits per heavy atom. The largest absolute Gasteiger partial charge is 0.545 e. The summed E-state index contributed by atoms with van der Waals surface area (Å²) < 4.78 is 30.0. The molecule has 0 saturated heterocycles. The van der Waals surface area contributed by atoms with Crippen molar-refractivity contribution in [2.45, 2.75) is 0 Å². The van der Waals surface area contributed by atoms with E-state index in [9.17, 15) is 0 Å². The molecule has 0 unspecified atom stereocenters. The molecule has 0 spiro atoms. The number of hydrogen-bond donors (Lipinski definition) is 0. The maximum absolute atomic E-state index is 7.75. The fourth-order valence-electron chi connectivity index (χ4n) is 2.14. The van der Waals surface area contributed by atoms with Crippen LogP contribution in [-0.4, -0.2) is 6.79 Å². The first-order valence-electron chi connectivity index (χ1n) is 7.19. The Kier molecular flexibility index (Phi) is 42.8. The van der Waals surface area contributed by atoms with Crippen LogP contribution in [0, 0.1) is 88.8 Å². The molecule has 4 aliphatic carbocycles. The predicted molar refractivity (Wildman–Crippen MR) is 97.8 cm³/mol. The average Bonchev–Trinajstić information content (AvgIpc) is 3.50. The summed E-state index contributed by atoms with van der Waals surface area (Å²) in [6.07, 6.45) is 29.3. The Morgan fingerprint density at radius 2 is 0.633 bits per heavy atom. The van der Waals surface area contributed by atoms with E-state index in [0.717, 1.165) is 0 Å². The van der Waals surface area contributed by atoms with Gasteiger partial charge in [0.05, 0.1) is 0 Å². The zero-order valence-corrected chi connectivity index (χ0v) is 20.9. The molecule has 0 atom stereocenters. The molecule has 0 aromatic heterocycles. The number of rotatable bonds is 0. The Hall–Kier alpha value is -1.09. The van der Waals surface area contributed by atoms with Gasteiger partial charge in [-0.2, -0.15) is 0 Å². The Balaban J connectivity index is -0.0000000942. The third-order valence-corrected chi connectivity index (χ3v) is 3.10. The maximum atomic E-state index is 7.75. The van der Waals surface area contributed by atoms with Crippen molar-refractivity contribution in [3.8, 4) is 0 Å². The standard InChI is InChI=1S/2C9H7.CHO.4CO.2Re/c2*1-2-5-9-7-3-6-8(9)4-1;5*1-2;;/h2*1-7H;1H;;;;;;/q;;-1;;;;;;. The molecule has 4 rings (SSSR count). The molecule has 0 heterocycles. The van der Waals surface area contributed by atoms with Crippen molar-refractivity contribution in [1.29, 1.82) is 0 Å². The van der Waals surface area contributed by atoms with Crippen LogP contribution in [0.2, 0.25) is 0 Å². The smallest absolute Gasteiger partial charge is 0.0124 e. The van der Waals surface area contributed by atoms with Crippen molar-refractivity contribution in [1.82, 2.24) is 0 Å². The van der Waals surface area contributed by atoms with Crippen LogP contribution in [0.5, 0.6) is 0 Å². The van der Waals surface area contributed by atoms with Crippen molar-refractivity contribution < 1.29 is 64.2 Å². The zero-order valence-electron chi connectivity index (χ0n) is 15.5. The van der Waals surface area contributed by atoms with Crippen LogP contribution in [0.1, 0.15) is 0 Å². The first-order chi connectivity index (χ1) is 13.9. The Bertz CT molecular complexity index is 475. The van der Waals surface area contributed by atoms with E-state index in [1.165, 1.54) is 23.7 Å². The zero-order chi connectivity index (χ0) is 22.2. The number of fused-ring (bicyclic) bond motifs is 2. The van der Waals surface area contributed by atoms with E-state index in [1.807, 2.05) is 0 Å². The molecule has 0 amide bonds. The summed E-state index contributed by atoms with van der Waals surface area (Å²) in [5, 5.41) is 0.